The average molecular weight is 1120 g/mol. The minimum Gasteiger partial charge on any atom is -0.445 e. The molecule has 1 saturated heterocycles. The van der Waals surface area contributed by atoms with Gasteiger partial charge in [0.2, 0.25) is 29.5 Å². The number of carbonyl (C=O) groups excluding carboxylic acids is 8. The van der Waals surface area contributed by atoms with E-state index >= 15 is 0 Å². The Bertz CT molecular complexity index is 2320. The molecule has 12 atom stereocenters. The van der Waals surface area contributed by atoms with Crippen LogP contribution in [0.5, 0.6) is 0 Å². The number of hydrogen-bond donors (Lipinski definition) is 7. The quantitative estimate of drug-likeness (QED) is 0.0445. The summed E-state index contributed by atoms with van der Waals surface area (Å²) in [7, 11) is 6.17. The van der Waals surface area contributed by atoms with Crippen LogP contribution < -0.4 is 32.7 Å². The van der Waals surface area contributed by atoms with Gasteiger partial charge < -0.3 is 61.9 Å². The summed E-state index contributed by atoms with van der Waals surface area (Å²) < 4.78 is 17.7. The SMILES string of the molecule is CC[C@H](C)[C@@H]([C@@H](CC(=O)N1CCC[C@H]1[C@H](OC)[C@@H](C)C(=O)C[C@H](C)[C@@H](O)c1ccccc1)OC)N(C)C(=O)[C@@H](NC(=O)[C@H](C(C)C)N(C)C(=O)OCc1ccc(NC(=O)[C@H](CCCNC(N)=O)NC(=O)[C@@H](N)C(C)C)cc1)C(C)C. The standard InChI is InChI=1S/C59H95N9O12/c1-15-37(8)51(46(78-13)32-47(70)68-30-20-24-44(68)53(79-14)39(10)45(69)31-38(9)52(71)41-21-17-16-18-22-41)66(11)57(75)49(35(4)5)65-56(74)50(36(6)7)67(12)59(77)80-33-40-25-27-42(28-26-40)63-54(72)43(23-19-29-62-58(61)76)64-55(73)48(60)34(2)3/h16-18,21-22,25-28,34-39,43-44,46,48-53,71H,15,19-20,23-24,29-33,60H2,1-14H3,(H,63,72)(H,64,73)(H,65,74)(H3,61,62,76)/t37-,38-,39-,43-,44-,46+,48-,49-,50-,51-,52+,53+/m0/s1. The smallest absolute Gasteiger partial charge is 0.410 e. The molecule has 1 heterocycles. The van der Waals surface area contributed by atoms with Gasteiger partial charge in [-0.1, -0.05) is 118 Å². The number of aliphatic hydroxyl groups excluding tert-OH is 1. The van der Waals surface area contributed by atoms with Crippen LogP contribution in [-0.2, 0) is 49.6 Å². The second kappa shape index (κ2) is 32.9. The molecular weight excluding hydrogens is 1030 g/mol. The van der Waals surface area contributed by atoms with Crippen molar-refractivity contribution in [2.24, 2.45) is 47.0 Å². The summed E-state index contributed by atoms with van der Waals surface area (Å²) in [4.78, 5) is 113. The van der Waals surface area contributed by atoms with Gasteiger partial charge in [0.15, 0.2) is 0 Å². The Kier molecular flexibility index (Phi) is 28.0. The number of likely N-dealkylation sites (tertiary alicyclic amines) is 1. The number of amides is 8. The minimum absolute atomic E-state index is 0.0591. The van der Waals surface area contributed by atoms with Crippen LogP contribution in [0.2, 0.25) is 0 Å². The lowest BCUT2D eigenvalue weighted by atomic mass is 9.85. The highest BCUT2D eigenvalue weighted by Gasteiger charge is 2.44. The summed E-state index contributed by atoms with van der Waals surface area (Å²) >= 11 is 0. The molecule has 9 N–H and O–H groups in total. The second-order valence-corrected chi connectivity index (χ2v) is 22.6. The third-order valence-electron chi connectivity index (χ3n) is 15.6. The summed E-state index contributed by atoms with van der Waals surface area (Å²) in [6.07, 6.45) is -0.340. The first-order chi connectivity index (χ1) is 37.7. The molecule has 1 aliphatic rings. The Morgan fingerprint density at radius 2 is 1.41 bits per heavy atom. The number of aliphatic hydroxyl groups is 1. The first-order valence-corrected chi connectivity index (χ1v) is 28.3. The van der Waals surface area contributed by atoms with Crippen LogP contribution in [0, 0.1) is 35.5 Å². The van der Waals surface area contributed by atoms with Gasteiger partial charge in [0.05, 0.1) is 42.9 Å². The number of methoxy groups -OCH3 is 2. The number of likely N-dealkylation sites (N-methyl/N-ethyl adjacent to an activating group) is 2. The largest absolute Gasteiger partial charge is 0.445 e. The molecule has 21 nitrogen and oxygen atoms in total. The molecule has 3 rings (SSSR count). The molecule has 0 saturated carbocycles. The number of nitrogens with zero attached hydrogens (tertiary/aromatic N) is 3. The maximum absolute atomic E-state index is 14.7. The molecule has 8 amide bonds. The van der Waals surface area contributed by atoms with E-state index in [0.29, 0.717) is 43.5 Å². The first kappa shape index (κ1) is 68.1. The molecule has 0 radical (unpaired) electrons. The summed E-state index contributed by atoms with van der Waals surface area (Å²) in [6, 6.07) is 10.2. The number of rotatable bonds is 32. The van der Waals surface area contributed by atoms with Gasteiger partial charge in [-0.15, -0.1) is 0 Å². The highest BCUT2D eigenvalue weighted by atomic mass is 16.6. The fourth-order valence-corrected chi connectivity index (χ4v) is 10.5. The van der Waals surface area contributed by atoms with Gasteiger partial charge in [0, 0.05) is 59.4 Å². The monoisotopic (exact) mass is 1120 g/mol. The van der Waals surface area contributed by atoms with E-state index in [-0.39, 0.29) is 67.9 Å². The molecule has 0 aliphatic carbocycles. The second-order valence-electron chi connectivity index (χ2n) is 22.6. The van der Waals surface area contributed by atoms with E-state index in [4.69, 9.17) is 25.7 Å². The number of anilines is 1. The lowest BCUT2D eigenvalue weighted by molar-refractivity contribution is -0.148. The highest BCUT2D eigenvalue weighted by Crippen LogP contribution is 2.32. The van der Waals surface area contributed by atoms with Gasteiger partial charge in [-0.25, -0.2) is 9.59 Å². The molecule has 0 unspecified atom stereocenters. The predicted octanol–water partition coefficient (Wildman–Crippen LogP) is 5.52. The number of urea groups is 1. The lowest BCUT2D eigenvalue weighted by Gasteiger charge is -2.41. The van der Waals surface area contributed by atoms with Crippen molar-refractivity contribution >= 4 is 53.1 Å². The van der Waals surface area contributed by atoms with Gasteiger partial charge in [-0.3, -0.25) is 33.7 Å². The van der Waals surface area contributed by atoms with E-state index in [1.807, 2.05) is 71.9 Å². The van der Waals surface area contributed by atoms with Crippen LogP contribution in [0.1, 0.15) is 131 Å². The zero-order chi connectivity index (χ0) is 60.1. The number of Topliss-reactive ketones (excluding diaryl/α,β-unsaturated/α-hetero) is 1. The van der Waals surface area contributed by atoms with Crippen molar-refractivity contribution in [3.63, 3.8) is 0 Å². The summed E-state index contributed by atoms with van der Waals surface area (Å²) in [6.45, 7) is 18.9. The van der Waals surface area contributed by atoms with Crippen LogP contribution in [0.25, 0.3) is 0 Å². The molecular formula is C59H95N9O12. The van der Waals surface area contributed by atoms with E-state index in [0.717, 1.165) is 5.56 Å². The zero-order valence-corrected chi connectivity index (χ0v) is 49.9. The highest BCUT2D eigenvalue weighted by molar-refractivity contribution is 5.98. The molecule has 1 aliphatic heterocycles. The first-order valence-electron chi connectivity index (χ1n) is 28.3. The number of ether oxygens (including phenoxy) is 3. The van der Waals surface area contributed by atoms with E-state index in [1.54, 1.807) is 75.9 Å². The number of nitrogens with two attached hydrogens (primary N) is 2. The lowest BCUT2D eigenvalue weighted by Crippen LogP contribution is -2.60. The van der Waals surface area contributed by atoms with Crippen molar-refractivity contribution < 1.29 is 57.7 Å². The third-order valence-corrected chi connectivity index (χ3v) is 15.6. The summed E-state index contributed by atoms with van der Waals surface area (Å²) in [5.74, 6) is -4.25. The Labute approximate surface area is 474 Å². The van der Waals surface area contributed by atoms with Crippen LogP contribution in [0.3, 0.4) is 0 Å². The number of primary amides is 1. The van der Waals surface area contributed by atoms with Gasteiger partial charge in [0.1, 0.15) is 30.5 Å². The van der Waals surface area contributed by atoms with Crippen molar-refractivity contribution in [2.45, 2.75) is 175 Å². The maximum atomic E-state index is 14.7. The minimum atomic E-state index is -1.05. The molecule has 2 aromatic rings. The van der Waals surface area contributed by atoms with Crippen molar-refractivity contribution in [1.82, 2.24) is 30.7 Å². The van der Waals surface area contributed by atoms with E-state index in [2.05, 4.69) is 21.3 Å². The topological polar surface area (TPSA) is 294 Å². The van der Waals surface area contributed by atoms with Gasteiger partial charge in [-0.05, 0) is 78.5 Å². The van der Waals surface area contributed by atoms with Crippen molar-refractivity contribution in [1.29, 1.82) is 0 Å². The van der Waals surface area contributed by atoms with E-state index in [1.165, 1.54) is 19.1 Å². The van der Waals surface area contributed by atoms with Crippen molar-refractivity contribution in [3.8, 4) is 0 Å². The van der Waals surface area contributed by atoms with Crippen LogP contribution in [-0.4, -0.2) is 157 Å². The molecule has 80 heavy (non-hydrogen) atoms. The maximum Gasteiger partial charge on any atom is 0.410 e. The normalized spacial score (nSPS) is 17.6. The number of carbonyl (C=O) groups is 8. The molecule has 2 aromatic carbocycles. The average Bonchev–Trinajstić information content (AvgIpc) is 3.91. The number of ketones is 1. The van der Waals surface area contributed by atoms with Gasteiger partial charge >= 0.3 is 12.1 Å². The summed E-state index contributed by atoms with van der Waals surface area (Å²) in [5.41, 5.74) is 12.9. The fourth-order valence-electron chi connectivity index (χ4n) is 10.5. The Morgan fingerprint density at radius 3 is 1.96 bits per heavy atom. The Balaban J connectivity index is 1.70. The third kappa shape index (κ3) is 19.5. The molecule has 448 valence electrons. The van der Waals surface area contributed by atoms with Crippen LogP contribution in [0.4, 0.5) is 15.3 Å². The number of nitrogens with one attached hydrogen (secondary N) is 4. The van der Waals surface area contributed by atoms with Crippen LogP contribution in [0.15, 0.2) is 54.6 Å². The molecule has 0 bridgehead atoms. The van der Waals surface area contributed by atoms with Gasteiger partial charge in [0.25, 0.3) is 0 Å². The Morgan fingerprint density at radius 1 is 0.775 bits per heavy atom. The molecule has 0 aromatic heterocycles. The fraction of sp³-hybridized carbons (Fsp3) is 0.661. The van der Waals surface area contributed by atoms with Crippen molar-refractivity contribution in [2.75, 3.05) is 46.7 Å². The van der Waals surface area contributed by atoms with Crippen LogP contribution >= 0.6 is 0 Å². The molecule has 21 heteroatoms. The van der Waals surface area contributed by atoms with E-state index in [9.17, 15) is 43.5 Å². The van der Waals surface area contributed by atoms with Gasteiger partial charge in [-0.2, -0.15) is 0 Å². The predicted molar refractivity (Wildman–Crippen MR) is 306 cm³/mol. The molecule has 1 fully saturated rings. The van der Waals surface area contributed by atoms with Crippen molar-refractivity contribution in [3.05, 3.63) is 65.7 Å². The zero-order valence-electron chi connectivity index (χ0n) is 49.9. The summed E-state index contributed by atoms with van der Waals surface area (Å²) in [5, 5.41) is 21.9. The van der Waals surface area contributed by atoms with E-state index < -0.39 is 102 Å². The number of hydrogen-bond acceptors (Lipinski definition) is 13. The molecule has 0 spiro atoms. The number of benzene rings is 2. The Hall–Kier alpha value is -6.16.